The Morgan fingerprint density at radius 2 is 1.73 bits per heavy atom. The van der Waals surface area contributed by atoms with Gasteiger partial charge in [-0.25, -0.2) is 0 Å². The third kappa shape index (κ3) is 10.5. The van der Waals surface area contributed by atoms with Crippen LogP contribution in [0.5, 0.6) is 0 Å². The highest BCUT2D eigenvalue weighted by molar-refractivity contribution is 5.96. The summed E-state index contributed by atoms with van der Waals surface area (Å²) < 4.78 is 9.37. The van der Waals surface area contributed by atoms with Crippen molar-refractivity contribution < 1.29 is 23.9 Å². The first kappa shape index (κ1) is 26.9. The van der Waals surface area contributed by atoms with Gasteiger partial charge in [0.2, 0.25) is 5.91 Å². The topological polar surface area (TPSA) is 151 Å². The van der Waals surface area contributed by atoms with Gasteiger partial charge in [0.1, 0.15) is 6.04 Å². The largest absolute Gasteiger partial charge is 0.466 e. The molecule has 0 aliphatic heterocycles. The van der Waals surface area contributed by atoms with Crippen molar-refractivity contribution in [1.29, 1.82) is 0 Å². The molecule has 0 aliphatic rings. The van der Waals surface area contributed by atoms with Crippen molar-refractivity contribution in [3.05, 3.63) is 29.3 Å². The average Bonchev–Trinajstić information content (AvgIpc) is 2.68. The Labute approximate surface area is 178 Å². The van der Waals surface area contributed by atoms with Crippen LogP contribution in [0.3, 0.4) is 0 Å². The minimum absolute atomic E-state index is 0.147. The lowest BCUT2D eigenvalue weighted by Crippen LogP contribution is -2.32. The molecule has 1 aromatic carbocycles. The van der Waals surface area contributed by atoms with Gasteiger partial charge in [0.25, 0.3) is 0 Å². The highest BCUT2D eigenvalue weighted by atomic mass is 16.5. The maximum Gasteiger partial charge on any atom is 0.322 e. The lowest BCUT2D eigenvalue weighted by atomic mass is 10.1. The van der Waals surface area contributed by atoms with Crippen LogP contribution in [0.4, 0.5) is 11.4 Å². The zero-order valence-corrected chi connectivity index (χ0v) is 18.4. The molecule has 0 saturated heterocycles. The molecule has 0 aromatic heterocycles. The van der Waals surface area contributed by atoms with Crippen LogP contribution in [0.25, 0.3) is 6.08 Å². The fraction of sp³-hybridized carbons (Fsp3) is 0.476. The van der Waals surface area contributed by atoms with Crippen LogP contribution >= 0.6 is 0 Å². The molecule has 0 radical (unpaired) electrons. The number of carbonyl (C=O) groups excluding carboxylic acids is 3. The molecule has 0 saturated carbocycles. The maximum atomic E-state index is 11.0. The maximum absolute atomic E-state index is 11.0. The molecule has 0 fully saturated rings. The van der Waals surface area contributed by atoms with Crippen LogP contribution in [0.2, 0.25) is 0 Å². The molecule has 30 heavy (non-hydrogen) atoms. The van der Waals surface area contributed by atoms with Gasteiger partial charge in [0.15, 0.2) is 0 Å². The first-order valence-electron chi connectivity index (χ1n) is 9.66. The molecule has 1 atom stereocenters. The molecule has 1 amide bonds. The van der Waals surface area contributed by atoms with E-state index in [1.165, 1.54) is 0 Å². The molecule has 0 bridgehead atoms. The van der Waals surface area contributed by atoms with Crippen LogP contribution < -0.4 is 22.1 Å². The third-order valence-corrected chi connectivity index (χ3v) is 3.90. The highest BCUT2D eigenvalue weighted by Crippen LogP contribution is 2.21. The summed E-state index contributed by atoms with van der Waals surface area (Å²) in [5, 5.41) is 0. The summed E-state index contributed by atoms with van der Waals surface area (Å²) >= 11 is 0. The van der Waals surface area contributed by atoms with Gasteiger partial charge in [-0.3, -0.25) is 14.4 Å². The van der Waals surface area contributed by atoms with Gasteiger partial charge in [-0.1, -0.05) is 6.07 Å². The second-order valence-electron chi connectivity index (χ2n) is 6.60. The molecular formula is C21H34N4O5. The number of nitrogens with two attached hydrogens (primary N) is 3. The van der Waals surface area contributed by atoms with Crippen molar-refractivity contribution in [3.8, 4) is 0 Å². The SMILES string of the molecule is CC(=Cc1ccc(N(C)C)cc1N)C(N)=O.CCOC(=O)CC[C@H](N)C(=O)OCC. The first-order valence-corrected chi connectivity index (χ1v) is 9.66. The van der Waals surface area contributed by atoms with E-state index in [2.05, 4.69) is 9.47 Å². The molecular weight excluding hydrogens is 388 g/mol. The Balaban J connectivity index is 0.000000567. The third-order valence-electron chi connectivity index (χ3n) is 3.90. The van der Waals surface area contributed by atoms with E-state index >= 15 is 0 Å². The van der Waals surface area contributed by atoms with E-state index < -0.39 is 17.9 Å². The Morgan fingerprint density at radius 3 is 2.20 bits per heavy atom. The molecule has 0 heterocycles. The Morgan fingerprint density at radius 1 is 1.13 bits per heavy atom. The van der Waals surface area contributed by atoms with E-state index in [4.69, 9.17) is 17.2 Å². The molecule has 168 valence electrons. The van der Waals surface area contributed by atoms with Gasteiger partial charge in [-0.2, -0.15) is 0 Å². The van der Waals surface area contributed by atoms with Gasteiger partial charge in [0.05, 0.1) is 13.2 Å². The first-order chi connectivity index (χ1) is 14.0. The Hall–Kier alpha value is -3.07. The minimum Gasteiger partial charge on any atom is -0.466 e. The summed E-state index contributed by atoms with van der Waals surface area (Å²) in [6.07, 6.45) is 2.10. The second-order valence-corrected chi connectivity index (χ2v) is 6.60. The van der Waals surface area contributed by atoms with Crippen molar-refractivity contribution in [1.82, 2.24) is 0 Å². The fourth-order valence-electron chi connectivity index (χ4n) is 2.15. The predicted octanol–water partition coefficient (Wildman–Crippen LogP) is 1.44. The molecule has 0 spiro atoms. The van der Waals surface area contributed by atoms with Crippen LogP contribution in [0.1, 0.15) is 39.2 Å². The average molecular weight is 423 g/mol. The summed E-state index contributed by atoms with van der Waals surface area (Å²) in [6.45, 7) is 5.74. The molecule has 9 nitrogen and oxygen atoms in total. The predicted molar refractivity (Wildman–Crippen MR) is 119 cm³/mol. The van der Waals surface area contributed by atoms with E-state index in [9.17, 15) is 14.4 Å². The van der Waals surface area contributed by atoms with Gasteiger partial charge in [-0.15, -0.1) is 0 Å². The zero-order valence-electron chi connectivity index (χ0n) is 18.4. The number of ether oxygens (including phenoxy) is 2. The standard InChI is InChI=1S/C12H17N3O.C9H17NO4/c1-8(12(14)16)6-9-4-5-10(15(2)3)7-11(9)13;1-3-13-8(11)6-5-7(10)9(12)14-4-2/h4-7H,13H2,1-3H3,(H2,14,16);7H,3-6,10H2,1-2H3/t;7-/m.0/s1. The Bertz CT molecular complexity index is 747. The van der Waals surface area contributed by atoms with E-state index in [0.717, 1.165) is 11.3 Å². The van der Waals surface area contributed by atoms with Crippen LogP contribution in [-0.4, -0.2) is 51.2 Å². The number of rotatable bonds is 9. The number of primary amides is 1. The number of nitrogens with zero attached hydrogens (tertiary/aromatic N) is 1. The van der Waals surface area contributed by atoms with Crippen molar-refractivity contribution in [2.45, 2.75) is 39.7 Å². The number of hydrogen-bond acceptors (Lipinski definition) is 8. The second kappa shape index (κ2) is 14.0. The smallest absolute Gasteiger partial charge is 0.322 e. The normalized spacial score (nSPS) is 11.6. The number of nitrogen functional groups attached to an aromatic ring is 1. The Kier molecular flexibility index (Phi) is 12.6. The number of benzene rings is 1. The summed E-state index contributed by atoms with van der Waals surface area (Å²) in [4.78, 5) is 34.8. The molecule has 9 heteroatoms. The van der Waals surface area contributed by atoms with E-state index in [1.807, 2.05) is 37.2 Å². The summed E-state index contributed by atoms with van der Waals surface area (Å²) in [5.74, 6) is -1.25. The fourth-order valence-corrected chi connectivity index (χ4v) is 2.15. The van der Waals surface area contributed by atoms with E-state index in [-0.39, 0.29) is 18.8 Å². The number of carbonyl (C=O) groups is 3. The summed E-state index contributed by atoms with van der Waals surface area (Å²) in [5.41, 5.74) is 19.5. The van der Waals surface area contributed by atoms with Crippen molar-refractivity contribution >= 4 is 35.3 Å². The van der Waals surface area contributed by atoms with E-state index in [0.29, 0.717) is 24.5 Å². The quantitative estimate of drug-likeness (QED) is 0.307. The minimum atomic E-state index is -0.737. The molecule has 1 rings (SSSR count). The van der Waals surface area contributed by atoms with Crippen molar-refractivity contribution in [2.24, 2.45) is 11.5 Å². The summed E-state index contributed by atoms with van der Waals surface area (Å²) in [7, 11) is 3.89. The van der Waals surface area contributed by atoms with Crippen LogP contribution in [0, 0.1) is 0 Å². The van der Waals surface area contributed by atoms with Crippen LogP contribution in [-0.2, 0) is 23.9 Å². The lowest BCUT2D eigenvalue weighted by molar-refractivity contribution is -0.146. The highest BCUT2D eigenvalue weighted by Gasteiger charge is 2.16. The zero-order chi connectivity index (χ0) is 23.3. The lowest BCUT2D eigenvalue weighted by Gasteiger charge is -2.13. The van der Waals surface area contributed by atoms with E-state index in [1.54, 1.807) is 26.8 Å². The molecule has 1 aromatic rings. The summed E-state index contributed by atoms with van der Waals surface area (Å²) in [6, 6.07) is 4.94. The van der Waals surface area contributed by atoms with Crippen LogP contribution in [0.15, 0.2) is 23.8 Å². The van der Waals surface area contributed by atoms with Crippen molar-refractivity contribution in [3.63, 3.8) is 0 Å². The molecule has 6 N–H and O–H groups in total. The molecule has 0 unspecified atom stereocenters. The number of hydrogen-bond donors (Lipinski definition) is 3. The van der Waals surface area contributed by atoms with Gasteiger partial charge in [-0.05, 0) is 51.0 Å². The molecule has 0 aliphatic carbocycles. The van der Waals surface area contributed by atoms with Gasteiger partial charge in [0, 0.05) is 37.5 Å². The number of amides is 1. The van der Waals surface area contributed by atoms with Crippen molar-refractivity contribution in [2.75, 3.05) is 37.9 Å². The number of esters is 2. The van der Waals surface area contributed by atoms with Gasteiger partial charge < -0.3 is 31.6 Å². The monoisotopic (exact) mass is 422 g/mol. The number of anilines is 2. The van der Waals surface area contributed by atoms with Gasteiger partial charge >= 0.3 is 11.9 Å².